The SMILES string of the molecule is COc1ccc(C(=O)NC(CCO)c2ccccc2)c(F)c1. The highest BCUT2D eigenvalue weighted by molar-refractivity contribution is 5.94. The van der Waals surface area contributed by atoms with Crippen LogP contribution in [0.25, 0.3) is 0 Å². The number of carbonyl (C=O) groups excluding carboxylic acids is 1. The zero-order valence-electron chi connectivity index (χ0n) is 12.3. The average Bonchev–Trinajstić information content (AvgIpc) is 2.55. The molecule has 2 aromatic rings. The van der Waals surface area contributed by atoms with Gasteiger partial charge >= 0.3 is 0 Å². The maximum Gasteiger partial charge on any atom is 0.254 e. The molecule has 2 rings (SSSR count). The number of methoxy groups -OCH3 is 1. The van der Waals surface area contributed by atoms with E-state index in [0.717, 1.165) is 5.56 Å². The summed E-state index contributed by atoms with van der Waals surface area (Å²) in [5.41, 5.74) is 0.804. The molecule has 1 unspecified atom stereocenters. The molecule has 1 amide bonds. The summed E-state index contributed by atoms with van der Waals surface area (Å²) in [7, 11) is 1.43. The van der Waals surface area contributed by atoms with Crippen molar-refractivity contribution in [3.05, 3.63) is 65.5 Å². The average molecular weight is 303 g/mol. The van der Waals surface area contributed by atoms with E-state index in [9.17, 15) is 9.18 Å². The number of hydrogen-bond donors (Lipinski definition) is 2. The summed E-state index contributed by atoms with van der Waals surface area (Å²) >= 11 is 0. The van der Waals surface area contributed by atoms with Crippen LogP contribution in [0.4, 0.5) is 4.39 Å². The second kappa shape index (κ2) is 7.56. The van der Waals surface area contributed by atoms with Crippen LogP contribution in [0.3, 0.4) is 0 Å². The van der Waals surface area contributed by atoms with Crippen molar-refractivity contribution in [1.82, 2.24) is 5.32 Å². The number of rotatable bonds is 6. The minimum Gasteiger partial charge on any atom is -0.497 e. The van der Waals surface area contributed by atoms with Crippen molar-refractivity contribution in [1.29, 1.82) is 0 Å². The molecule has 0 saturated heterocycles. The van der Waals surface area contributed by atoms with E-state index in [1.165, 1.54) is 25.3 Å². The largest absolute Gasteiger partial charge is 0.497 e. The Balaban J connectivity index is 2.18. The molecule has 0 aliphatic carbocycles. The third-order valence-electron chi connectivity index (χ3n) is 3.35. The monoisotopic (exact) mass is 303 g/mol. The van der Waals surface area contributed by atoms with Gasteiger partial charge in [-0.25, -0.2) is 4.39 Å². The lowest BCUT2D eigenvalue weighted by molar-refractivity contribution is 0.0926. The Bertz CT molecular complexity index is 631. The molecule has 0 saturated carbocycles. The Morgan fingerprint density at radius 2 is 2.00 bits per heavy atom. The minimum absolute atomic E-state index is 0.0559. The number of amides is 1. The molecule has 2 aromatic carbocycles. The molecular formula is C17H18FNO3. The molecule has 0 fully saturated rings. The van der Waals surface area contributed by atoms with E-state index in [1.54, 1.807) is 0 Å². The summed E-state index contributed by atoms with van der Waals surface area (Å²) in [4.78, 5) is 12.3. The van der Waals surface area contributed by atoms with Crippen LogP contribution in [-0.4, -0.2) is 24.7 Å². The summed E-state index contributed by atoms with van der Waals surface area (Å²) in [6.45, 7) is -0.0784. The van der Waals surface area contributed by atoms with Gasteiger partial charge in [0.1, 0.15) is 11.6 Å². The molecule has 116 valence electrons. The van der Waals surface area contributed by atoms with Crippen LogP contribution in [0.15, 0.2) is 48.5 Å². The first-order valence-electron chi connectivity index (χ1n) is 6.96. The van der Waals surface area contributed by atoms with E-state index in [0.29, 0.717) is 12.2 Å². The summed E-state index contributed by atoms with van der Waals surface area (Å²) in [6, 6.07) is 13.0. The van der Waals surface area contributed by atoms with Gasteiger partial charge in [0.05, 0.1) is 18.7 Å². The van der Waals surface area contributed by atoms with Gasteiger partial charge in [0.2, 0.25) is 0 Å². The van der Waals surface area contributed by atoms with E-state index in [2.05, 4.69) is 5.32 Å². The van der Waals surface area contributed by atoms with E-state index in [1.807, 2.05) is 30.3 Å². The fraction of sp³-hybridized carbons (Fsp3) is 0.235. The summed E-state index contributed by atoms with van der Waals surface area (Å²) in [5, 5.41) is 11.9. The summed E-state index contributed by atoms with van der Waals surface area (Å²) in [5.74, 6) is -0.820. The number of halogens is 1. The lowest BCUT2D eigenvalue weighted by Gasteiger charge is -2.18. The molecule has 0 radical (unpaired) electrons. The lowest BCUT2D eigenvalue weighted by atomic mass is 10.0. The Morgan fingerprint density at radius 3 is 2.59 bits per heavy atom. The van der Waals surface area contributed by atoms with E-state index in [-0.39, 0.29) is 18.2 Å². The third kappa shape index (κ3) is 3.83. The van der Waals surface area contributed by atoms with Gasteiger partial charge in [-0.15, -0.1) is 0 Å². The molecule has 2 N–H and O–H groups in total. The fourth-order valence-electron chi connectivity index (χ4n) is 2.18. The van der Waals surface area contributed by atoms with E-state index >= 15 is 0 Å². The van der Waals surface area contributed by atoms with Crippen LogP contribution in [-0.2, 0) is 0 Å². The third-order valence-corrected chi connectivity index (χ3v) is 3.35. The lowest BCUT2D eigenvalue weighted by Crippen LogP contribution is -2.29. The number of aliphatic hydroxyl groups excluding tert-OH is 1. The van der Waals surface area contributed by atoms with Crippen molar-refractivity contribution in [3.8, 4) is 5.75 Å². The number of hydrogen-bond acceptors (Lipinski definition) is 3. The highest BCUT2D eigenvalue weighted by atomic mass is 19.1. The fourth-order valence-corrected chi connectivity index (χ4v) is 2.18. The van der Waals surface area contributed by atoms with Gasteiger partial charge in [-0.3, -0.25) is 4.79 Å². The first-order chi connectivity index (χ1) is 10.7. The molecule has 0 bridgehead atoms. The van der Waals surface area contributed by atoms with Crippen LogP contribution in [0.5, 0.6) is 5.75 Å². The maximum absolute atomic E-state index is 13.9. The second-order valence-corrected chi connectivity index (χ2v) is 4.79. The summed E-state index contributed by atoms with van der Waals surface area (Å²) < 4.78 is 18.8. The molecule has 0 heterocycles. The van der Waals surface area contributed by atoms with Gasteiger partial charge in [-0.05, 0) is 24.1 Å². The number of carbonyl (C=O) groups is 1. The van der Waals surface area contributed by atoms with Crippen LogP contribution >= 0.6 is 0 Å². The molecule has 0 spiro atoms. The standard InChI is InChI=1S/C17H18FNO3/c1-22-13-7-8-14(15(18)11-13)17(21)19-16(9-10-20)12-5-3-2-4-6-12/h2-8,11,16,20H,9-10H2,1H3,(H,19,21). The Morgan fingerprint density at radius 1 is 1.27 bits per heavy atom. The van der Waals surface area contributed by atoms with Crippen molar-refractivity contribution in [2.24, 2.45) is 0 Å². The van der Waals surface area contributed by atoms with Gasteiger partial charge in [0.25, 0.3) is 5.91 Å². The molecule has 0 aromatic heterocycles. The maximum atomic E-state index is 13.9. The zero-order chi connectivity index (χ0) is 15.9. The smallest absolute Gasteiger partial charge is 0.254 e. The number of ether oxygens (including phenoxy) is 1. The van der Waals surface area contributed by atoms with Crippen molar-refractivity contribution in [2.75, 3.05) is 13.7 Å². The highest BCUT2D eigenvalue weighted by Gasteiger charge is 2.18. The normalized spacial score (nSPS) is 11.8. The number of nitrogens with one attached hydrogen (secondary N) is 1. The molecule has 22 heavy (non-hydrogen) atoms. The Labute approximate surface area is 128 Å². The predicted molar refractivity (Wildman–Crippen MR) is 81.3 cm³/mol. The van der Waals surface area contributed by atoms with Crippen molar-refractivity contribution in [3.63, 3.8) is 0 Å². The molecule has 0 aliphatic heterocycles. The Hall–Kier alpha value is -2.40. The zero-order valence-corrected chi connectivity index (χ0v) is 12.3. The molecule has 4 nitrogen and oxygen atoms in total. The van der Waals surface area contributed by atoms with Crippen LogP contribution in [0.2, 0.25) is 0 Å². The number of aliphatic hydroxyl groups is 1. The van der Waals surface area contributed by atoms with Gasteiger partial charge in [-0.2, -0.15) is 0 Å². The molecule has 0 aliphatic rings. The molecular weight excluding hydrogens is 285 g/mol. The number of benzene rings is 2. The topological polar surface area (TPSA) is 58.6 Å². The van der Waals surface area contributed by atoms with Crippen molar-refractivity contribution < 1.29 is 19.0 Å². The predicted octanol–water partition coefficient (Wildman–Crippen LogP) is 2.69. The van der Waals surface area contributed by atoms with Crippen molar-refractivity contribution in [2.45, 2.75) is 12.5 Å². The highest BCUT2D eigenvalue weighted by Crippen LogP contribution is 2.20. The van der Waals surface area contributed by atoms with Crippen LogP contribution < -0.4 is 10.1 Å². The quantitative estimate of drug-likeness (QED) is 0.862. The molecule has 5 heteroatoms. The van der Waals surface area contributed by atoms with E-state index < -0.39 is 11.7 Å². The van der Waals surface area contributed by atoms with E-state index in [4.69, 9.17) is 9.84 Å². The second-order valence-electron chi connectivity index (χ2n) is 4.79. The molecule has 1 atom stereocenters. The minimum atomic E-state index is -0.646. The first-order valence-corrected chi connectivity index (χ1v) is 6.96. The van der Waals surface area contributed by atoms with Gasteiger partial charge in [0.15, 0.2) is 0 Å². The van der Waals surface area contributed by atoms with Gasteiger partial charge in [0, 0.05) is 12.7 Å². The summed E-state index contributed by atoms with van der Waals surface area (Å²) in [6.07, 6.45) is 0.355. The van der Waals surface area contributed by atoms with Crippen LogP contribution in [0.1, 0.15) is 28.4 Å². The van der Waals surface area contributed by atoms with Crippen molar-refractivity contribution >= 4 is 5.91 Å². The first kappa shape index (κ1) is 16.0. The van der Waals surface area contributed by atoms with Gasteiger partial charge in [-0.1, -0.05) is 30.3 Å². The Kier molecular flexibility index (Phi) is 5.49. The van der Waals surface area contributed by atoms with Crippen LogP contribution in [0, 0.1) is 5.82 Å². The van der Waals surface area contributed by atoms with Gasteiger partial charge < -0.3 is 15.2 Å².